The zero-order valence-corrected chi connectivity index (χ0v) is 16.4. The number of aromatic nitrogens is 5. The highest BCUT2D eigenvalue weighted by atomic mass is 16.5. The Bertz CT molecular complexity index is 1060. The van der Waals surface area contributed by atoms with Crippen LogP contribution in [0.1, 0.15) is 19.9 Å². The zero-order chi connectivity index (χ0) is 20.1. The van der Waals surface area contributed by atoms with E-state index in [1.54, 1.807) is 18.7 Å². The van der Waals surface area contributed by atoms with E-state index >= 15 is 0 Å². The molecule has 0 fully saturated rings. The van der Waals surface area contributed by atoms with Crippen LogP contribution in [-0.2, 0) is 0 Å². The van der Waals surface area contributed by atoms with Crippen LogP contribution in [0, 0.1) is 0 Å². The lowest BCUT2D eigenvalue weighted by atomic mass is 10.3. The second-order valence-electron chi connectivity index (χ2n) is 6.75. The molecule has 0 aliphatic heterocycles. The Morgan fingerprint density at radius 2 is 1.93 bits per heavy atom. The predicted octanol–water partition coefficient (Wildman–Crippen LogP) is 4.04. The topological polar surface area (TPSA) is 89.8 Å². The molecule has 8 heteroatoms. The number of hydrogen-bond acceptors (Lipinski definition) is 7. The average molecular weight is 389 g/mol. The molecule has 1 aromatic carbocycles. The summed E-state index contributed by atoms with van der Waals surface area (Å²) in [7, 11) is 0. The van der Waals surface area contributed by atoms with Gasteiger partial charge in [-0.2, -0.15) is 0 Å². The number of rotatable bonds is 8. The van der Waals surface area contributed by atoms with Crippen LogP contribution in [0.15, 0.2) is 61.2 Å². The maximum atomic E-state index is 5.74. The van der Waals surface area contributed by atoms with Gasteiger partial charge in [0.1, 0.15) is 18.7 Å². The fourth-order valence-electron chi connectivity index (χ4n) is 3.04. The molecule has 0 atom stereocenters. The number of nitrogens with zero attached hydrogens (tertiary/aromatic N) is 5. The summed E-state index contributed by atoms with van der Waals surface area (Å²) in [5.74, 6) is 2.22. The number of anilines is 3. The minimum atomic E-state index is 0.170. The lowest BCUT2D eigenvalue weighted by Crippen LogP contribution is -2.13. The van der Waals surface area contributed by atoms with Crippen molar-refractivity contribution in [2.24, 2.45) is 0 Å². The molecule has 0 aliphatic carbocycles. The molecule has 3 heterocycles. The van der Waals surface area contributed by atoms with Crippen molar-refractivity contribution in [3.05, 3.63) is 61.2 Å². The molecule has 8 nitrogen and oxygen atoms in total. The predicted molar refractivity (Wildman–Crippen MR) is 114 cm³/mol. The summed E-state index contributed by atoms with van der Waals surface area (Å²) in [4.78, 5) is 17.8. The van der Waals surface area contributed by atoms with Crippen LogP contribution in [0.3, 0.4) is 0 Å². The first-order valence-electron chi connectivity index (χ1n) is 9.54. The van der Waals surface area contributed by atoms with Crippen molar-refractivity contribution in [2.45, 2.75) is 19.9 Å². The van der Waals surface area contributed by atoms with E-state index in [9.17, 15) is 0 Å². The van der Waals surface area contributed by atoms with Crippen LogP contribution in [0.5, 0.6) is 5.75 Å². The minimum absolute atomic E-state index is 0.170. The van der Waals surface area contributed by atoms with Gasteiger partial charge in [0.15, 0.2) is 17.0 Å². The van der Waals surface area contributed by atoms with Gasteiger partial charge in [-0.05, 0) is 38.1 Å². The van der Waals surface area contributed by atoms with Gasteiger partial charge in [0, 0.05) is 12.2 Å². The van der Waals surface area contributed by atoms with Crippen LogP contribution in [0.4, 0.5) is 17.5 Å². The SMILES string of the molecule is CC(C)n1c(Nc2cccnc2)nc2c(NCCOc3ccccc3)ncnc21. The Balaban J connectivity index is 1.54. The van der Waals surface area contributed by atoms with E-state index in [2.05, 4.69) is 44.0 Å². The summed E-state index contributed by atoms with van der Waals surface area (Å²) in [6.45, 7) is 5.30. The minimum Gasteiger partial charge on any atom is -0.492 e. The molecule has 0 aliphatic rings. The molecule has 0 radical (unpaired) electrons. The molecule has 0 bridgehead atoms. The molecular weight excluding hydrogens is 366 g/mol. The van der Waals surface area contributed by atoms with Gasteiger partial charge in [0.2, 0.25) is 5.95 Å². The van der Waals surface area contributed by atoms with Gasteiger partial charge in [0.05, 0.1) is 18.4 Å². The Hall–Kier alpha value is -3.68. The molecule has 29 heavy (non-hydrogen) atoms. The Kier molecular flexibility index (Phi) is 5.51. The highest BCUT2D eigenvalue weighted by Gasteiger charge is 2.18. The van der Waals surface area contributed by atoms with E-state index in [1.165, 1.54) is 0 Å². The number of ether oxygens (including phenoxy) is 1. The van der Waals surface area contributed by atoms with E-state index in [-0.39, 0.29) is 6.04 Å². The number of para-hydroxylation sites is 1. The number of fused-ring (bicyclic) bond motifs is 1. The quantitative estimate of drug-likeness (QED) is 0.440. The van der Waals surface area contributed by atoms with Crippen LogP contribution < -0.4 is 15.4 Å². The molecule has 0 spiro atoms. The summed E-state index contributed by atoms with van der Waals surface area (Å²) >= 11 is 0. The van der Waals surface area contributed by atoms with Gasteiger partial charge in [-0.1, -0.05) is 18.2 Å². The van der Waals surface area contributed by atoms with E-state index in [0.29, 0.717) is 30.4 Å². The fraction of sp³-hybridized carbons (Fsp3) is 0.238. The number of nitrogens with one attached hydrogen (secondary N) is 2. The summed E-state index contributed by atoms with van der Waals surface area (Å²) < 4.78 is 7.79. The summed E-state index contributed by atoms with van der Waals surface area (Å²) in [6, 6.07) is 13.7. The van der Waals surface area contributed by atoms with Crippen LogP contribution in [0.2, 0.25) is 0 Å². The molecule has 3 aromatic heterocycles. The monoisotopic (exact) mass is 389 g/mol. The molecule has 0 unspecified atom stereocenters. The molecule has 4 rings (SSSR count). The van der Waals surface area contributed by atoms with E-state index < -0.39 is 0 Å². The lowest BCUT2D eigenvalue weighted by molar-refractivity contribution is 0.333. The standard InChI is InChI=1S/C21H23N7O/c1-15(2)28-20-18(27-21(28)26-16-7-6-10-22-13-16)19(24-14-25-20)23-11-12-29-17-8-4-3-5-9-17/h3-10,13-15H,11-12H2,1-2H3,(H,26,27)(H,23,24,25). The van der Waals surface area contributed by atoms with Gasteiger partial charge in [-0.25, -0.2) is 15.0 Å². The van der Waals surface area contributed by atoms with E-state index in [0.717, 1.165) is 17.1 Å². The van der Waals surface area contributed by atoms with Crippen LogP contribution in [0.25, 0.3) is 11.2 Å². The van der Waals surface area contributed by atoms with Crippen molar-refractivity contribution in [3.63, 3.8) is 0 Å². The van der Waals surface area contributed by atoms with Crippen LogP contribution in [-0.4, -0.2) is 37.7 Å². The third kappa shape index (κ3) is 4.26. The van der Waals surface area contributed by atoms with E-state index in [1.807, 2.05) is 42.5 Å². The smallest absolute Gasteiger partial charge is 0.210 e. The number of benzene rings is 1. The summed E-state index contributed by atoms with van der Waals surface area (Å²) in [5, 5.41) is 6.64. The van der Waals surface area contributed by atoms with Crippen LogP contribution >= 0.6 is 0 Å². The van der Waals surface area contributed by atoms with Gasteiger partial charge < -0.3 is 15.4 Å². The highest BCUT2D eigenvalue weighted by molar-refractivity contribution is 5.85. The fourth-order valence-corrected chi connectivity index (χ4v) is 3.04. The average Bonchev–Trinajstić information content (AvgIpc) is 3.11. The Morgan fingerprint density at radius 1 is 1.07 bits per heavy atom. The second kappa shape index (κ2) is 8.55. The number of hydrogen-bond donors (Lipinski definition) is 2. The Morgan fingerprint density at radius 3 is 2.69 bits per heavy atom. The highest BCUT2D eigenvalue weighted by Crippen LogP contribution is 2.28. The molecule has 0 saturated heterocycles. The van der Waals surface area contributed by atoms with E-state index in [4.69, 9.17) is 9.72 Å². The van der Waals surface area contributed by atoms with Gasteiger partial charge in [-0.3, -0.25) is 9.55 Å². The Labute approximate surface area is 169 Å². The summed E-state index contributed by atoms with van der Waals surface area (Å²) in [6.07, 6.45) is 5.05. The maximum absolute atomic E-state index is 5.74. The maximum Gasteiger partial charge on any atom is 0.210 e. The third-order valence-corrected chi connectivity index (χ3v) is 4.32. The molecule has 148 valence electrons. The first-order chi connectivity index (χ1) is 14.2. The first kappa shape index (κ1) is 18.7. The van der Waals surface area contributed by atoms with Crippen molar-refractivity contribution in [2.75, 3.05) is 23.8 Å². The molecule has 4 aromatic rings. The van der Waals surface area contributed by atoms with Crippen molar-refractivity contribution in [1.82, 2.24) is 24.5 Å². The molecule has 0 amide bonds. The number of pyridine rings is 1. The second-order valence-corrected chi connectivity index (χ2v) is 6.75. The molecule has 0 saturated carbocycles. The van der Waals surface area contributed by atoms with Crippen molar-refractivity contribution in [3.8, 4) is 5.75 Å². The normalized spacial score (nSPS) is 11.0. The molecule has 2 N–H and O–H groups in total. The molecular formula is C21H23N7O. The van der Waals surface area contributed by atoms with Gasteiger partial charge in [-0.15, -0.1) is 0 Å². The van der Waals surface area contributed by atoms with Crippen molar-refractivity contribution < 1.29 is 4.74 Å². The van der Waals surface area contributed by atoms with Gasteiger partial charge in [0.25, 0.3) is 0 Å². The van der Waals surface area contributed by atoms with Crippen molar-refractivity contribution >= 4 is 28.6 Å². The zero-order valence-electron chi connectivity index (χ0n) is 16.4. The first-order valence-corrected chi connectivity index (χ1v) is 9.54. The van der Waals surface area contributed by atoms with Crippen molar-refractivity contribution in [1.29, 1.82) is 0 Å². The third-order valence-electron chi connectivity index (χ3n) is 4.32. The van der Waals surface area contributed by atoms with Gasteiger partial charge >= 0.3 is 0 Å². The lowest BCUT2D eigenvalue weighted by Gasteiger charge is -2.13. The number of imidazole rings is 1. The summed E-state index contributed by atoms with van der Waals surface area (Å²) in [5.41, 5.74) is 2.35. The largest absolute Gasteiger partial charge is 0.492 e.